The van der Waals surface area contributed by atoms with E-state index in [1.807, 2.05) is 6.07 Å². The first-order valence-electron chi connectivity index (χ1n) is 6.20. The number of furan rings is 1. The molecule has 1 aliphatic heterocycles. The van der Waals surface area contributed by atoms with E-state index in [4.69, 9.17) is 10.2 Å². The van der Waals surface area contributed by atoms with E-state index in [1.165, 1.54) is 24.9 Å². The molecule has 0 bridgehead atoms. The maximum absolute atomic E-state index is 5.65. The van der Waals surface area contributed by atoms with Gasteiger partial charge in [-0.2, -0.15) is 0 Å². The van der Waals surface area contributed by atoms with Crippen LogP contribution in [0.1, 0.15) is 38.0 Å². The van der Waals surface area contributed by atoms with Crippen LogP contribution in [-0.2, 0) is 13.1 Å². The van der Waals surface area contributed by atoms with Gasteiger partial charge in [0.05, 0.1) is 12.8 Å². The van der Waals surface area contributed by atoms with Crippen molar-refractivity contribution in [1.82, 2.24) is 4.90 Å². The first-order valence-corrected chi connectivity index (χ1v) is 6.20. The van der Waals surface area contributed by atoms with Gasteiger partial charge in [0.15, 0.2) is 0 Å². The highest BCUT2D eigenvalue weighted by molar-refractivity contribution is 5.16. The summed E-state index contributed by atoms with van der Waals surface area (Å²) in [7, 11) is 0. The van der Waals surface area contributed by atoms with Crippen molar-refractivity contribution < 1.29 is 4.42 Å². The van der Waals surface area contributed by atoms with Crippen molar-refractivity contribution in [2.45, 2.75) is 45.8 Å². The minimum absolute atomic E-state index is 0.500. The zero-order valence-electron chi connectivity index (χ0n) is 10.3. The molecule has 0 aliphatic carbocycles. The molecule has 2 N–H and O–H groups in total. The molecule has 0 saturated carbocycles. The third kappa shape index (κ3) is 2.47. The largest absolute Gasteiger partial charge is 0.468 e. The molecule has 2 rings (SSSR count). The average Bonchev–Trinajstić information content (AvgIpc) is 2.71. The maximum atomic E-state index is 5.65. The second kappa shape index (κ2) is 5.02. The molecular formula is C13H22N2O. The molecule has 0 amide bonds. The Balaban J connectivity index is 2.02. The summed E-state index contributed by atoms with van der Waals surface area (Å²) in [5, 5.41) is 0. The van der Waals surface area contributed by atoms with Crippen molar-refractivity contribution in [2.24, 2.45) is 11.7 Å². The normalized spacial score (nSPS) is 27.2. The van der Waals surface area contributed by atoms with Gasteiger partial charge in [-0.1, -0.05) is 6.92 Å². The van der Waals surface area contributed by atoms with Gasteiger partial charge in [0.2, 0.25) is 0 Å². The molecule has 2 heterocycles. The topological polar surface area (TPSA) is 42.4 Å². The van der Waals surface area contributed by atoms with Crippen LogP contribution >= 0.6 is 0 Å². The number of rotatable bonds is 3. The summed E-state index contributed by atoms with van der Waals surface area (Å²) in [5.74, 6) is 1.75. The molecular weight excluding hydrogens is 200 g/mol. The third-order valence-electron chi connectivity index (χ3n) is 3.64. The molecule has 16 heavy (non-hydrogen) atoms. The van der Waals surface area contributed by atoms with Gasteiger partial charge >= 0.3 is 0 Å². The molecule has 0 spiro atoms. The van der Waals surface area contributed by atoms with Crippen LogP contribution in [0.3, 0.4) is 0 Å². The van der Waals surface area contributed by atoms with Crippen LogP contribution in [0.5, 0.6) is 0 Å². The number of hydrogen-bond donors (Lipinski definition) is 1. The van der Waals surface area contributed by atoms with Crippen LogP contribution in [0.15, 0.2) is 16.7 Å². The van der Waals surface area contributed by atoms with E-state index in [0.29, 0.717) is 12.6 Å². The molecule has 2 unspecified atom stereocenters. The molecule has 1 aromatic rings. The van der Waals surface area contributed by atoms with Gasteiger partial charge in [-0.25, -0.2) is 0 Å². The molecule has 0 radical (unpaired) electrons. The Hall–Kier alpha value is -0.800. The van der Waals surface area contributed by atoms with Gasteiger partial charge in [-0.05, 0) is 31.7 Å². The smallest absolute Gasteiger partial charge is 0.121 e. The molecule has 1 fully saturated rings. The highest BCUT2D eigenvalue weighted by atomic mass is 16.3. The summed E-state index contributed by atoms with van der Waals surface area (Å²) in [4.78, 5) is 2.54. The minimum Gasteiger partial charge on any atom is -0.468 e. The summed E-state index contributed by atoms with van der Waals surface area (Å²) >= 11 is 0. The zero-order valence-corrected chi connectivity index (χ0v) is 10.3. The zero-order chi connectivity index (χ0) is 11.5. The van der Waals surface area contributed by atoms with Gasteiger partial charge in [0.25, 0.3) is 0 Å². The number of piperidine rings is 1. The molecule has 2 atom stereocenters. The predicted molar refractivity (Wildman–Crippen MR) is 64.9 cm³/mol. The van der Waals surface area contributed by atoms with E-state index in [-0.39, 0.29) is 0 Å². The summed E-state index contributed by atoms with van der Waals surface area (Å²) in [6.45, 7) is 7.32. The molecule has 90 valence electrons. The van der Waals surface area contributed by atoms with Crippen LogP contribution in [0.25, 0.3) is 0 Å². The van der Waals surface area contributed by atoms with Gasteiger partial charge in [-0.3, -0.25) is 4.90 Å². The van der Waals surface area contributed by atoms with Crippen LogP contribution < -0.4 is 5.73 Å². The summed E-state index contributed by atoms with van der Waals surface area (Å²) in [5.41, 5.74) is 6.90. The molecule has 0 aromatic carbocycles. The van der Waals surface area contributed by atoms with Crippen molar-refractivity contribution in [2.75, 3.05) is 6.54 Å². The van der Waals surface area contributed by atoms with Gasteiger partial charge in [0.1, 0.15) is 5.76 Å². The summed E-state index contributed by atoms with van der Waals surface area (Å²) in [6, 6.07) is 2.73. The lowest BCUT2D eigenvalue weighted by molar-refractivity contribution is 0.116. The number of nitrogens with zero attached hydrogens (tertiary/aromatic N) is 1. The molecule has 1 aromatic heterocycles. The fourth-order valence-electron chi connectivity index (χ4n) is 2.51. The van der Waals surface area contributed by atoms with Crippen LogP contribution in [0.2, 0.25) is 0 Å². The Kier molecular flexibility index (Phi) is 3.66. The van der Waals surface area contributed by atoms with Crippen molar-refractivity contribution in [3.8, 4) is 0 Å². The monoisotopic (exact) mass is 222 g/mol. The summed E-state index contributed by atoms with van der Waals surface area (Å²) in [6.07, 6.45) is 4.40. The first-order chi connectivity index (χ1) is 7.70. The highest BCUT2D eigenvalue weighted by Gasteiger charge is 2.23. The lowest BCUT2D eigenvalue weighted by Crippen LogP contribution is -2.40. The highest BCUT2D eigenvalue weighted by Crippen LogP contribution is 2.24. The summed E-state index contributed by atoms with van der Waals surface area (Å²) < 4.78 is 5.37. The average molecular weight is 222 g/mol. The Morgan fingerprint density at radius 3 is 3.00 bits per heavy atom. The maximum Gasteiger partial charge on any atom is 0.121 e. The Bertz CT molecular complexity index is 334. The van der Waals surface area contributed by atoms with E-state index in [2.05, 4.69) is 18.7 Å². The fraction of sp³-hybridized carbons (Fsp3) is 0.692. The Morgan fingerprint density at radius 1 is 1.44 bits per heavy atom. The van der Waals surface area contributed by atoms with Gasteiger partial charge in [-0.15, -0.1) is 0 Å². The Labute approximate surface area is 97.6 Å². The van der Waals surface area contributed by atoms with Crippen molar-refractivity contribution >= 4 is 0 Å². The second-order valence-electron chi connectivity index (χ2n) is 5.03. The first kappa shape index (κ1) is 11.7. The van der Waals surface area contributed by atoms with Gasteiger partial charge in [0, 0.05) is 24.7 Å². The quantitative estimate of drug-likeness (QED) is 0.853. The molecule has 3 heteroatoms. The van der Waals surface area contributed by atoms with E-state index in [9.17, 15) is 0 Å². The van der Waals surface area contributed by atoms with Crippen LogP contribution in [0.4, 0.5) is 0 Å². The van der Waals surface area contributed by atoms with Crippen molar-refractivity contribution in [3.63, 3.8) is 0 Å². The number of nitrogens with two attached hydrogens (primary N) is 1. The second-order valence-corrected chi connectivity index (χ2v) is 5.03. The lowest BCUT2D eigenvalue weighted by atomic mass is 9.94. The van der Waals surface area contributed by atoms with E-state index < -0.39 is 0 Å². The molecule has 1 saturated heterocycles. The fourth-order valence-corrected chi connectivity index (χ4v) is 2.51. The number of likely N-dealkylation sites (tertiary alicyclic amines) is 1. The Morgan fingerprint density at radius 2 is 2.25 bits per heavy atom. The van der Waals surface area contributed by atoms with Gasteiger partial charge < -0.3 is 10.2 Å². The van der Waals surface area contributed by atoms with Crippen molar-refractivity contribution in [3.05, 3.63) is 23.7 Å². The van der Waals surface area contributed by atoms with E-state index in [0.717, 1.165) is 18.2 Å². The van der Waals surface area contributed by atoms with Crippen LogP contribution in [0, 0.1) is 5.92 Å². The van der Waals surface area contributed by atoms with E-state index in [1.54, 1.807) is 6.26 Å². The minimum atomic E-state index is 0.500. The number of hydrogen-bond acceptors (Lipinski definition) is 3. The third-order valence-corrected chi connectivity index (χ3v) is 3.64. The lowest BCUT2D eigenvalue weighted by Gasteiger charge is -2.36. The van der Waals surface area contributed by atoms with Crippen molar-refractivity contribution in [1.29, 1.82) is 0 Å². The predicted octanol–water partition coefficient (Wildman–Crippen LogP) is 2.36. The molecule has 1 aliphatic rings. The SMILES string of the molecule is CC1CCC(C)N(Cc2ccoc2CN)C1. The molecule has 3 nitrogen and oxygen atoms in total. The van der Waals surface area contributed by atoms with Crippen LogP contribution in [-0.4, -0.2) is 17.5 Å². The van der Waals surface area contributed by atoms with E-state index >= 15 is 0 Å². The standard InChI is InChI=1S/C13H22N2O/c1-10-3-4-11(2)15(8-10)9-12-5-6-16-13(12)7-14/h5-6,10-11H,3-4,7-9,14H2,1-2H3.